The van der Waals surface area contributed by atoms with Crippen LogP contribution in [-0.2, 0) is 9.59 Å². The minimum absolute atomic E-state index is 0.0162. The zero-order valence-electron chi connectivity index (χ0n) is 16.0. The molecule has 1 saturated heterocycles. The van der Waals surface area contributed by atoms with Gasteiger partial charge >= 0.3 is 5.97 Å². The molecule has 0 saturated carbocycles. The minimum atomic E-state index is -0.986. The van der Waals surface area contributed by atoms with Gasteiger partial charge in [0.05, 0.1) is 25.5 Å². The van der Waals surface area contributed by atoms with Gasteiger partial charge in [0.2, 0.25) is 5.91 Å². The summed E-state index contributed by atoms with van der Waals surface area (Å²) < 4.78 is 11.3. The maximum absolute atomic E-state index is 11.8. The molecule has 0 aromatic heterocycles. The van der Waals surface area contributed by atoms with E-state index in [4.69, 9.17) is 25.7 Å². The molecule has 152 valence electrons. The first-order chi connectivity index (χ1) is 13.9. The SMILES string of the molecule is COc1cc(-c2ccc(C(=N)N)cc2)ccc1OC[C@@H]1C[C@@H](CC(=O)O)C(=O)N1. The third-order valence-electron chi connectivity index (χ3n) is 4.84. The van der Waals surface area contributed by atoms with E-state index >= 15 is 0 Å². The van der Waals surface area contributed by atoms with Crippen LogP contribution in [0.2, 0.25) is 0 Å². The Labute approximate surface area is 168 Å². The Hall–Kier alpha value is -3.55. The molecule has 0 unspecified atom stereocenters. The first kappa shape index (κ1) is 20.2. The number of nitrogens with two attached hydrogens (primary N) is 1. The summed E-state index contributed by atoms with van der Waals surface area (Å²) in [5, 5.41) is 19.1. The number of rotatable bonds is 8. The molecule has 2 aromatic rings. The predicted octanol–water partition coefficient (Wildman–Crippen LogP) is 2.00. The van der Waals surface area contributed by atoms with Crippen LogP contribution in [0.15, 0.2) is 42.5 Å². The smallest absolute Gasteiger partial charge is 0.304 e. The van der Waals surface area contributed by atoms with Crippen LogP contribution in [0.5, 0.6) is 11.5 Å². The molecule has 29 heavy (non-hydrogen) atoms. The van der Waals surface area contributed by atoms with Gasteiger partial charge < -0.3 is 25.6 Å². The van der Waals surface area contributed by atoms with E-state index in [0.29, 0.717) is 23.5 Å². The van der Waals surface area contributed by atoms with Gasteiger partial charge in [0.25, 0.3) is 0 Å². The molecule has 0 spiro atoms. The van der Waals surface area contributed by atoms with Crippen LogP contribution < -0.4 is 20.5 Å². The number of carbonyl (C=O) groups is 2. The number of carboxylic acid groups (broad SMARTS) is 1. The summed E-state index contributed by atoms with van der Waals surface area (Å²) in [5.41, 5.74) is 8.00. The van der Waals surface area contributed by atoms with Crippen molar-refractivity contribution in [3.05, 3.63) is 48.0 Å². The fraction of sp³-hybridized carbons (Fsp3) is 0.286. The summed E-state index contributed by atoms with van der Waals surface area (Å²) in [6, 6.07) is 12.6. The van der Waals surface area contributed by atoms with Gasteiger partial charge in [0.1, 0.15) is 12.4 Å². The summed E-state index contributed by atoms with van der Waals surface area (Å²) >= 11 is 0. The molecule has 1 heterocycles. The number of methoxy groups -OCH3 is 1. The Morgan fingerprint density at radius 2 is 1.90 bits per heavy atom. The van der Waals surface area contributed by atoms with Crippen molar-refractivity contribution in [2.45, 2.75) is 18.9 Å². The number of hydrogen-bond acceptors (Lipinski definition) is 5. The zero-order valence-corrected chi connectivity index (χ0v) is 16.0. The predicted molar refractivity (Wildman–Crippen MR) is 107 cm³/mol. The lowest BCUT2D eigenvalue weighted by Crippen LogP contribution is -2.31. The van der Waals surface area contributed by atoms with Crippen molar-refractivity contribution >= 4 is 17.7 Å². The van der Waals surface area contributed by atoms with Gasteiger partial charge in [-0.3, -0.25) is 15.0 Å². The lowest BCUT2D eigenvalue weighted by atomic mass is 10.0. The largest absolute Gasteiger partial charge is 0.493 e. The Bertz CT molecular complexity index is 926. The second-order valence-electron chi connectivity index (χ2n) is 6.90. The van der Waals surface area contributed by atoms with Crippen molar-refractivity contribution in [3.8, 4) is 22.6 Å². The van der Waals surface area contributed by atoms with E-state index in [9.17, 15) is 9.59 Å². The number of nitrogens with one attached hydrogen (secondary N) is 2. The fourth-order valence-electron chi connectivity index (χ4n) is 3.32. The molecule has 1 fully saturated rings. The van der Waals surface area contributed by atoms with E-state index in [0.717, 1.165) is 11.1 Å². The van der Waals surface area contributed by atoms with Crippen molar-refractivity contribution in [1.82, 2.24) is 5.32 Å². The molecule has 1 amide bonds. The Morgan fingerprint density at radius 1 is 1.21 bits per heavy atom. The maximum atomic E-state index is 11.8. The number of aliphatic carboxylic acids is 1. The topological polar surface area (TPSA) is 135 Å². The number of hydrogen-bond donors (Lipinski definition) is 4. The highest BCUT2D eigenvalue weighted by atomic mass is 16.5. The number of carbonyl (C=O) groups excluding carboxylic acids is 1. The summed E-state index contributed by atoms with van der Waals surface area (Å²) in [6.07, 6.45) is 0.247. The van der Waals surface area contributed by atoms with Gasteiger partial charge in [0, 0.05) is 5.56 Å². The van der Waals surface area contributed by atoms with Crippen molar-refractivity contribution in [1.29, 1.82) is 5.41 Å². The second-order valence-corrected chi connectivity index (χ2v) is 6.90. The standard InChI is InChI=1S/C21H23N3O5/c1-28-18-9-14(12-2-4-13(5-3-12)20(22)23)6-7-17(18)29-11-16-8-15(10-19(25)26)21(27)24-16/h2-7,9,15-16H,8,10-11H2,1H3,(H3,22,23)(H,24,27)(H,25,26)/t15-,16-/m0/s1. The molecule has 1 aliphatic heterocycles. The average molecular weight is 397 g/mol. The first-order valence-electron chi connectivity index (χ1n) is 9.15. The van der Waals surface area contributed by atoms with Crippen molar-refractivity contribution in [2.75, 3.05) is 13.7 Å². The number of carboxylic acids is 1. The molecule has 0 bridgehead atoms. The van der Waals surface area contributed by atoms with Crippen molar-refractivity contribution in [3.63, 3.8) is 0 Å². The van der Waals surface area contributed by atoms with Crippen LogP contribution in [0.1, 0.15) is 18.4 Å². The highest BCUT2D eigenvalue weighted by Gasteiger charge is 2.33. The van der Waals surface area contributed by atoms with Crippen molar-refractivity contribution < 1.29 is 24.2 Å². The Kier molecular flexibility index (Phi) is 6.01. The number of ether oxygens (including phenoxy) is 2. The molecule has 2 aromatic carbocycles. The zero-order chi connectivity index (χ0) is 21.0. The van der Waals surface area contributed by atoms with Crippen LogP contribution in [0.4, 0.5) is 0 Å². The highest BCUT2D eigenvalue weighted by molar-refractivity contribution is 5.95. The maximum Gasteiger partial charge on any atom is 0.304 e. The number of nitrogen functional groups attached to an aromatic ring is 1. The van der Waals surface area contributed by atoms with E-state index in [2.05, 4.69) is 5.32 Å². The van der Waals surface area contributed by atoms with Gasteiger partial charge in [-0.25, -0.2) is 0 Å². The van der Waals surface area contributed by atoms with E-state index in [-0.39, 0.29) is 30.8 Å². The molecule has 8 nitrogen and oxygen atoms in total. The lowest BCUT2D eigenvalue weighted by Gasteiger charge is -2.15. The van der Waals surface area contributed by atoms with Gasteiger partial charge in [-0.15, -0.1) is 0 Å². The van der Waals surface area contributed by atoms with Gasteiger partial charge in [0.15, 0.2) is 11.5 Å². The molecule has 0 radical (unpaired) electrons. The molecular weight excluding hydrogens is 374 g/mol. The summed E-state index contributed by atoms with van der Waals surface area (Å²) in [4.78, 5) is 22.7. The van der Waals surface area contributed by atoms with E-state index in [1.54, 1.807) is 25.3 Å². The second kappa shape index (κ2) is 8.64. The molecule has 5 N–H and O–H groups in total. The minimum Gasteiger partial charge on any atom is -0.493 e. The monoisotopic (exact) mass is 397 g/mol. The van der Waals surface area contributed by atoms with E-state index in [1.165, 1.54) is 0 Å². The molecular formula is C21H23N3O5. The van der Waals surface area contributed by atoms with Gasteiger partial charge in [-0.1, -0.05) is 30.3 Å². The highest BCUT2D eigenvalue weighted by Crippen LogP contribution is 2.33. The number of benzene rings is 2. The summed E-state index contributed by atoms with van der Waals surface area (Å²) in [6.45, 7) is 0.227. The molecule has 3 rings (SSSR count). The van der Waals surface area contributed by atoms with Crippen LogP contribution in [0, 0.1) is 11.3 Å². The quantitative estimate of drug-likeness (QED) is 0.397. The fourth-order valence-corrected chi connectivity index (χ4v) is 3.32. The van der Waals surface area contributed by atoms with Crippen molar-refractivity contribution in [2.24, 2.45) is 11.7 Å². The number of amidine groups is 1. The lowest BCUT2D eigenvalue weighted by molar-refractivity contribution is -0.140. The Morgan fingerprint density at radius 3 is 2.52 bits per heavy atom. The van der Waals surface area contributed by atoms with Gasteiger partial charge in [-0.05, 0) is 29.7 Å². The molecule has 2 atom stereocenters. The van der Waals surface area contributed by atoms with Crippen LogP contribution in [0.3, 0.4) is 0 Å². The molecule has 1 aliphatic rings. The summed E-state index contributed by atoms with van der Waals surface area (Å²) in [7, 11) is 1.55. The van der Waals surface area contributed by atoms with Gasteiger partial charge in [-0.2, -0.15) is 0 Å². The van der Waals surface area contributed by atoms with E-state index in [1.807, 2.05) is 24.3 Å². The third kappa shape index (κ3) is 4.84. The van der Waals surface area contributed by atoms with Crippen LogP contribution >= 0.6 is 0 Å². The molecule has 0 aliphatic carbocycles. The average Bonchev–Trinajstić information content (AvgIpc) is 3.05. The van der Waals surface area contributed by atoms with Crippen LogP contribution in [-0.4, -0.2) is 42.6 Å². The van der Waals surface area contributed by atoms with Crippen LogP contribution in [0.25, 0.3) is 11.1 Å². The Balaban J connectivity index is 1.67. The number of amides is 1. The molecule has 8 heteroatoms. The summed E-state index contributed by atoms with van der Waals surface area (Å²) in [5.74, 6) is -0.666. The first-order valence-corrected chi connectivity index (χ1v) is 9.15. The normalized spacial score (nSPS) is 18.2. The van der Waals surface area contributed by atoms with E-state index < -0.39 is 11.9 Å². The third-order valence-corrected chi connectivity index (χ3v) is 4.84.